The van der Waals surface area contributed by atoms with Gasteiger partial charge < -0.3 is 15.6 Å². The summed E-state index contributed by atoms with van der Waals surface area (Å²) in [6.07, 6.45) is -3.21. The predicted octanol–water partition coefficient (Wildman–Crippen LogP) is 2.42. The number of nitrogens with one attached hydrogen (secondary N) is 1. The fourth-order valence-corrected chi connectivity index (χ4v) is 3.45. The number of hydrogen-bond acceptors (Lipinski definition) is 7. The third-order valence-electron chi connectivity index (χ3n) is 3.06. The average molecular weight is 415 g/mol. The molecular formula is C15H12F3N5O2S2. The van der Waals surface area contributed by atoms with Gasteiger partial charge in [-0.2, -0.15) is 23.4 Å². The molecule has 1 heterocycles. The summed E-state index contributed by atoms with van der Waals surface area (Å²) in [4.78, 5) is 19.6. The summed E-state index contributed by atoms with van der Waals surface area (Å²) in [5.41, 5.74) is 4.54. The predicted molar refractivity (Wildman–Crippen MR) is 94.3 cm³/mol. The van der Waals surface area contributed by atoms with E-state index in [2.05, 4.69) is 15.3 Å². The van der Waals surface area contributed by atoms with E-state index in [1.807, 2.05) is 6.07 Å². The summed E-state index contributed by atoms with van der Waals surface area (Å²) in [7, 11) is 0. The minimum absolute atomic E-state index is 0.0199. The van der Waals surface area contributed by atoms with Crippen LogP contribution in [0.2, 0.25) is 0 Å². The van der Waals surface area contributed by atoms with Crippen molar-refractivity contribution in [3.63, 3.8) is 0 Å². The highest BCUT2D eigenvalue weighted by molar-refractivity contribution is 8.00. The second kappa shape index (κ2) is 8.47. The summed E-state index contributed by atoms with van der Waals surface area (Å²) >= 11 is -0.760. The first-order valence-electron chi connectivity index (χ1n) is 7.12. The van der Waals surface area contributed by atoms with Crippen molar-refractivity contribution in [3.8, 4) is 6.07 Å². The zero-order chi connectivity index (χ0) is 20.2. The van der Waals surface area contributed by atoms with Gasteiger partial charge in [0.1, 0.15) is 17.4 Å². The lowest BCUT2D eigenvalue weighted by Gasteiger charge is -2.11. The average Bonchev–Trinajstić information content (AvgIpc) is 2.58. The molecule has 2 aromatic rings. The molecule has 7 nitrogen and oxygen atoms in total. The van der Waals surface area contributed by atoms with Gasteiger partial charge in [-0.3, -0.25) is 4.79 Å². The van der Waals surface area contributed by atoms with Crippen LogP contribution in [0.15, 0.2) is 34.3 Å². The molecule has 3 N–H and O–H groups in total. The van der Waals surface area contributed by atoms with Gasteiger partial charge in [0.25, 0.3) is 5.03 Å². The molecule has 27 heavy (non-hydrogen) atoms. The van der Waals surface area contributed by atoms with Gasteiger partial charge in [-0.15, -0.1) is 0 Å². The number of nitrogens with zero attached hydrogens (tertiary/aromatic N) is 3. The zero-order valence-electron chi connectivity index (χ0n) is 13.7. The molecule has 0 aliphatic rings. The number of carbonyl (C=O) groups is 1. The van der Waals surface area contributed by atoms with Crippen LogP contribution in [0.25, 0.3) is 0 Å². The normalized spacial score (nSPS) is 12.3. The molecular weight excluding hydrogens is 403 g/mol. The van der Waals surface area contributed by atoms with Crippen LogP contribution in [-0.2, 0) is 22.1 Å². The summed E-state index contributed by atoms with van der Waals surface area (Å²) < 4.78 is 49.8. The van der Waals surface area contributed by atoms with E-state index in [1.54, 1.807) is 0 Å². The Bertz CT molecular complexity index is 900. The first-order valence-corrected chi connectivity index (χ1v) is 9.67. The Balaban J connectivity index is 2.12. The first kappa shape index (κ1) is 20.8. The van der Waals surface area contributed by atoms with Gasteiger partial charge >= 0.3 is 6.18 Å². The molecule has 1 atom stereocenters. The van der Waals surface area contributed by atoms with Crippen LogP contribution in [0.5, 0.6) is 0 Å². The molecule has 1 aromatic heterocycles. The van der Waals surface area contributed by atoms with E-state index in [9.17, 15) is 27.8 Å². The van der Waals surface area contributed by atoms with Crippen LogP contribution in [0.3, 0.4) is 0 Å². The quantitative estimate of drug-likeness (QED) is 0.436. The Labute approximate surface area is 159 Å². The van der Waals surface area contributed by atoms with E-state index in [0.29, 0.717) is 0 Å². The van der Waals surface area contributed by atoms with Gasteiger partial charge in [0.15, 0.2) is 5.56 Å². The maximum Gasteiger partial charge on any atom is 0.416 e. The molecule has 12 heteroatoms. The number of halogens is 3. The van der Waals surface area contributed by atoms with Crippen LogP contribution >= 0.6 is 11.8 Å². The number of amides is 1. The van der Waals surface area contributed by atoms with Crippen LogP contribution in [0.1, 0.15) is 11.1 Å². The highest BCUT2D eigenvalue weighted by Crippen LogP contribution is 2.31. The molecule has 0 fully saturated rings. The van der Waals surface area contributed by atoms with Crippen molar-refractivity contribution in [2.45, 2.75) is 16.2 Å². The Morgan fingerprint density at radius 3 is 2.74 bits per heavy atom. The van der Waals surface area contributed by atoms with E-state index in [4.69, 9.17) is 5.73 Å². The molecule has 0 radical (unpaired) electrons. The number of nitriles is 1. The molecule has 1 unspecified atom stereocenters. The van der Waals surface area contributed by atoms with Gasteiger partial charge in [0.2, 0.25) is 11.9 Å². The minimum atomic E-state index is -4.53. The standard InChI is InChI=1S/C15H12F3N5O2S2/c1-27(25)13-10(6-19)12(22-14(20)23-13)26-7-11(24)21-9-4-2-3-8(5-9)15(16,17)18/h2-5H,7H2,1H3,(H,21,24)(H2,20,22,23). The second-order valence-corrected chi connectivity index (χ2v) is 7.31. The highest BCUT2D eigenvalue weighted by atomic mass is 32.2. The SMILES string of the molecule is C[S+]([O-])c1nc(N)nc(SCC(=O)Nc2cccc(C(F)(F)F)c2)c1C#N. The van der Waals surface area contributed by atoms with Gasteiger partial charge in [-0.05, 0) is 18.2 Å². The van der Waals surface area contributed by atoms with Crippen molar-refractivity contribution in [2.24, 2.45) is 0 Å². The Kier molecular flexibility index (Phi) is 6.53. The maximum absolute atomic E-state index is 12.7. The topological polar surface area (TPSA) is 128 Å². The largest absolute Gasteiger partial charge is 0.610 e. The number of thioether (sulfide) groups is 1. The summed E-state index contributed by atoms with van der Waals surface area (Å²) in [6, 6.07) is 6.01. The molecule has 0 saturated heterocycles. The van der Waals surface area contributed by atoms with Crippen molar-refractivity contribution in [1.82, 2.24) is 9.97 Å². The Hall–Kier alpha value is -2.49. The fourth-order valence-electron chi connectivity index (χ4n) is 1.95. The highest BCUT2D eigenvalue weighted by Gasteiger charge is 2.30. The number of carbonyl (C=O) groups excluding carboxylic acids is 1. The molecule has 0 aliphatic heterocycles. The number of alkyl halides is 3. The van der Waals surface area contributed by atoms with Crippen molar-refractivity contribution in [1.29, 1.82) is 5.26 Å². The van der Waals surface area contributed by atoms with E-state index in [-0.39, 0.29) is 33.0 Å². The number of hydrogen-bond donors (Lipinski definition) is 2. The van der Waals surface area contributed by atoms with Gasteiger partial charge in [0.05, 0.1) is 11.3 Å². The maximum atomic E-state index is 12.7. The van der Waals surface area contributed by atoms with Crippen molar-refractivity contribution >= 4 is 40.5 Å². The second-order valence-electron chi connectivity index (χ2n) is 5.05. The van der Waals surface area contributed by atoms with Gasteiger partial charge in [0, 0.05) is 16.9 Å². The minimum Gasteiger partial charge on any atom is -0.610 e. The third-order valence-corrected chi connectivity index (χ3v) is 4.87. The summed E-state index contributed by atoms with van der Waals surface area (Å²) in [5.74, 6) is -1.07. The van der Waals surface area contributed by atoms with E-state index in [1.165, 1.54) is 18.4 Å². The van der Waals surface area contributed by atoms with Gasteiger partial charge in [-0.25, -0.2) is 4.98 Å². The lowest BCUT2D eigenvalue weighted by Crippen LogP contribution is -2.16. The molecule has 0 saturated carbocycles. The number of aromatic nitrogens is 2. The first-order chi connectivity index (χ1) is 12.6. The number of benzene rings is 1. The van der Waals surface area contributed by atoms with Crippen molar-refractivity contribution in [3.05, 3.63) is 35.4 Å². The lowest BCUT2D eigenvalue weighted by molar-refractivity contribution is -0.137. The molecule has 0 bridgehead atoms. The van der Waals surface area contributed by atoms with Crippen molar-refractivity contribution < 1.29 is 22.5 Å². The number of anilines is 2. The smallest absolute Gasteiger partial charge is 0.416 e. The summed E-state index contributed by atoms with van der Waals surface area (Å²) in [5, 5.41) is 11.6. The van der Waals surface area contributed by atoms with E-state index >= 15 is 0 Å². The number of nitrogens with two attached hydrogens (primary N) is 1. The molecule has 2 rings (SSSR count). The fraction of sp³-hybridized carbons (Fsp3) is 0.200. The van der Waals surface area contributed by atoms with Gasteiger partial charge in [-0.1, -0.05) is 17.8 Å². The van der Waals surface area contributed by atoms with Crippen LogP contribution in [0.4, 0.5) is 24.8 Å². The Morgan fingerprint density at radius 2 is 2.15 bits per heavy atom. The molecule has 0 aliphatic carbocycles. The van der Waals surface area contributed by atoms with E-state index < -0.39 is 28.8 Å². The number of rotatable bonds is 5. The number of nitrogen functional groups attached to an aromatic ring is 1. The zero-order valence-corrected chi connectivity index (χ0v) is 15.3. The molecule has 1 aromatic carbocycles. The van der Waals surface area contributed by atoms with Crippen LogP contribution in [0, 0.1) is 11.3 Å². The van der Waals surface area contributed by atoms with Crippen LogP contribution < -0.4 is 11.1 Å². The molecule has 0 spiro atoms. The lowest BCUT2D eigenvalue weighted by atomic mass is 10.2. The van der Waals surface area contributed by atoms with Crippen LogP contribution in [-0.4, -0.2) is 32.4 Å². The molecule has 1 amide bonds. The summed E-state index contributed by atoms with van der Waals surface area (Å²) in [6.45, 7) is 0. The monoisotopic (exact) mass is 415 g/mol. The third kappa shape index (κ3) is 5.49. The Morgan fingerprint density at radius 1 is 1.44 bits per heavy atom. The molecule has 142 valence electrons. The van der Waals surface area contributed by atoms with Crippen molar-refractivity contribution in [2.75, 3.05) is 23.1 Å². The van der Waals surface area contributed by atoms with E-state index in [0.717, 1.165) is 23.9 Å².